The average molecular weight is 385 g/mol. The number of ether oxygens (including phenoxy) is 1. The Bertz CT molecular complexity index is 675. The molecular formula is C25H36OS. The summed E-state index contributed by atoms with van der Waals surface area (Å²) in [6.45, 7) is 15.5. The first-order valence-corrected chi connectivity index (χ1v) is 10.9. The maximum atomic E-state index is 5.58. The minimum atomic E-state index is 0.651. The molecule has 1 aromatic rings. The van der Waals surface area contributed by atoms with Crippen LogP contribution in [0.15, 0.2) is 70.7 Å². The van der Waals surface area contributed by atoms with Crippen LogP contribution in [0.5, 0.6) is 0 Å². The molecule has 0 heterocycles. The molecule has 0 N–H and O–H groups in total. The van der Waals surface area contributed by atoms with Crippen LogP contribution in [0.4, 0.5) is 0 Å². The van der Waals surface area contributed by atoms with E-state index in [0.29, 0.717) is 6.61 Å². The number of allylic oxidation sites excluding steroid dienone is 5. The minimum absolute atomic E-state index is 0.651. The first-order chi connectivity index (χ1) is 12.9. The molecule has 0 aromatic heterocycles. The van der Waals surface area contributed by atoms with Crippen LogP contribution in [0.2, 0.25) is 0 Å². The van der Waals surface area contributed by atoms with Crippen LogP contribution >= 0.6 is 11.8 Å². The van der Waals surface area contributed by atoms with Crippen LogP contribution in [-0.4, -0.2) is 12.4 Å². The fraction of sp³-hybridized carbons (Fsp3) is 0.440. The normalized spacial score (nSPS) is 12.0. The zero-order valence-electron chi connectivity index (χ0n) is 17.8. The summed E-state index contributed by atoms with van der Waals surface area (Å²) in [5.41, 5.74) is 5.46. The van der Waals surface area contributed by atoms with Crippen LogP contribution in [0.1, 0.15) is 65.9 Å². The van der Waals surface area contributed by atoms with E-state index in [1.807, 2.05) is 24.8 Å². The maximum Gasteiger partial charge on any atom is 0.120 e. The third kappa shape index (κ3) is 10.3. The molecule has 148 valence electrons. The van der Waals surface area contributed by atoms with Crippen LogP contribution in [-0.2, 0) is 4.74 Å². The number of benzene rings is 1. The van der Waals surface area contributed by atoms with Gasteiger partial charge in [0.2, 0.25) is 0 Å². The quantitative estimate of drug-likeness (QED) is 0.204. The smallest absolute Gasteiger partial charge is 0.120 e. The lowest BCUT2D eigenvalue weighted by molar-refractivity contribution is 0.298. The van der Waals surface area contributed by atoms with Crippen molar-refractivity contribution in [2.24, 2.45) is 0 Å². The van der Waals surface area contributed by atoms with Crippen molar-refractivity contribution < 1.29 is 4.74 Å². The zero-order chi connectivity index (χ0) is 20.1. The van der Waals surface area contributed by atoms with E-state index in [9.17, 15) is 0 Å². The molecular weight excluding hydrogens is 348 g/mol. The standard InChI is InChI=1S/C25H36OS/c1-7-26-23(6)24-16-8-9-17-25(24)27-19-18-22(5)15-11-14-21(4)13-10-12-20(2)3/h8-9,12,14,16-18H,6-7,10-11,13,15,19H2,1-5H3. The highest BCUT2D eigenvalue weighted by atomic mass is 32.2. The van der Waals surface area contributed by atoms with Gasteiger partial charge in [-0.25, -0.2) is 0 Å². The van der Waals surface area contributed by atoms with Crippen LogP contribution < -0.4 is 0 Å². The van der Waals surface area contributed by atoms with Crippen LogP contribution in [0.25, 0.3) is 5.76 Å². The van der Waals surface area contributed by atoms with Gasteiger partial charge in [0, 0.05) is 16.2 Å². The van der Waals surface area contributed by atoms with Crippen molar-refractivity contribution in [3.8, 4) is 0 Å². The summed E-state index contributed by atoms with van der Waals surface area (Å²) in [6, 6.07) is 8.34. The molecule has 0 radical (unpaired) electrons. The van der Waals surface area contributed by atoms with Gasteiger partial charge in [-0.1, -0.05) is 59.7 Å². The van der Waals surface area contributed by atoms with Gasteiger partial charge in [0.05, 0.1) is 6.61 Å². The molecule has 1 aromatic carbocycles. The van der Waals surface area contributed by atoms with Gasteiger partial charge in [0.25, 0.3) is 0 Å². The van der Waals surface area contributed by atoms with Crippen molar-refractivity contribution in [1.82, 2.24) is 0 Å². The molecule has 0 bridgehead atoms. The average Bonchev–Trinajstić information content (AvgIpc) is 2.62. The Hall–Kier alpha value is -1.67. The van der Waals surface area contributed by atoms with E-state index in [1.165, 1.54) is 28.0 Å². The Morgan fingerprint density at radius 3 is 2.26 bits per heavy atom. The van der Waals surface area contributed by atoms with E-state index in [0.717, 1.165) is 36.3 Å². The molecule has 0 aliphatic carbocycles. The lowest BCUT2D eigenvalue weighted by Crippen LogP contribution is -1.92. The predicted octanol–water partition coefficient (Wildman–Crippen LogP) is 8.21. The second-order valence-corrected chi connectivity index (χ2v) is 8.18. The lowest BCUT2D eigenvalue weighted by Gasteiger charge is -2.11. The second kappa shape index (κ2) is 13.5. The number of rotatable bonds is 12. The second-order valence-electron chi connectivity index (χ2n) is 7.12. The number of thioether (sulfide) groups is 1. The first kappa shape index (κ1) is 23.4. The Labute approximate surface area is 171 Å². The van der Waals surface area contributed by atoms with Gasteiger partial charge in [-0.05, 0) is 66.4 Å². The van der Waals surface area contributed by atoms with E-state index in [-0.39, 0.29) is 0 Å². The van der Waals surface area contributed by atoms with E-state index >= 15 is 0 Å². The third-order valence-electron chi connectivity index (χ3n) is 4.30. The highest BCUT2D eigenvalue weighted by molar-refractivity contribution is 7.99. The van der Waals surface area contributed by atoms with Crippen molar-refractivity contribution in [2.45, 2.75) is 65.2 Å². The van der Waals surface area contributed by atoms with Gasteiger partial charge in [0.15, 0.2) is 0 Å². The molecule has 0 atom stereocenters. The van der Waals surface area contributed by atoms with Crippen molar-refractivity contribution in [3.05, 3.63) is 71.4 Å². The summed E-state index contributed by atoms with van der Waals surface area (Å²) in [5, 5.41) is 0. The Balaban J connectivity index is 2.45. The van der Waals surface area contributed by atoms with Gasteiger partial charge < -0.3 is 4.74 Å². The van der Waals surface area contributed by atoms with Crippen molar-refractivity contribution in [3.63, 3.8) is 0 Å². The summed E-state index contributed by atoms with van der Waals surface area (Å²) in [7, 11) is 0. The molecule has 1 nitrogen and oxygen atoms in total. The molecule has 0 saturated heterocycles. The Morgan fingerprint density at radius 2 is 1.59 bits per heavy atom. The van der Waals surface area contributed by atoms with Crippen molar-refractivity contribution in [1.29, 1.82) is 0 Å². The zero-order valence-corrected chi connectivity index (χ0v) is 18.6. The third-order valence-corrected chi connectivity index (χ3v) is 5.30. The Kier molecular flexibility index (Phi) is 11.7. The van der Waals surface area contributed by atoms with Gasteiger partial charge in [0.1, 0.15) is 5.76 Å². The molecule has 0 spiro atoms. The summed E-state index contributed by atoms with van der Waals surface area (Å²) >= 11 is 1.84. The molecule has 0 amide bonds. The molecule has 0 aliphatic rings. The van der Waals surface area contributed by atoms with E-state index in [2.05, 4.69) is 70.7 Å². The summed E-state index contributed by atoms with van der Waals surface area (Å²) < 4.78 is 5.58. The molecule has 27 heavy (non-hydrogen) atoms. The molecule has 0 unspecified atom stereocenters. The van der Waals surface area contributed by atoms with E-state index in [4.69, 9.17) is 4.74 Å². The van der Waals surface area contributed by atoms with Crippen LogP contribution in [0, 0.1) is 0 Å². The van der Waals surface area contributed by atoms with Crippen LogP contribution in [0.3, 0.4) is 0 Å². The molecule has 2 heteroatoms. The van der Waals surface area contributed by atoms with Gasteiger partial charge in [-0.3, -0.25) is 0 Å². The highest BCUT2D eigenvalue weighted by Gasteiger charge is 2.06. The highest BCUT2D eigenvalue weighted by Crippen LogP contribution is 2.28. The fourth-order valence-electron chi connectivity index (χ4n) is 2.69. The molecule has 0 saturated carbocycles. The van der Waals surface area contributed by atoms with Gasteiger partial charge >= 0.3 is 0 Å². The van der Waals surface area contributed by atoms with Gasteiger partial charge in [-0.2, -0.15) is 0 Å². The monoisotopic (exact) mass is 384 g/mol. The molecule has 1 rings (SSSR count). The largest absolute Gasteiger partial charge is 0.494 e. The Morgan fingerprint density at radius 1 is 0.963 bits per heavy atom. The summed E-state index contributed by atoms with van der Waals surface area (Å²) in [6.07, 6.45) is 11.6. The molecule has 0 aliphatic heterocycles. The van der Waals surface area contributed by atoms with Crippen molar-refractivity contribution in [2.75, 3.05) is 12.4 Å². The molecule has 0 fully saturated rings. The maximum absolute atomic E-state index is 5.58. The lowest BCUT2D eigenvalue weighted by atomic mass is 10.1. The number of hydrogen-bond acceptors (Lipinski definition) is 2. The fourth-order valence-corrected chi connectivity index (χ4v) is 3.75. The van der Waals surface area contributed by atoms with E-state index < -0.39 is 0 Å². The van der Waals surface area contributed by atoms with Gasteiger partial charge in [-0.15, -0.1) is 11.8 Å². The SMILES string of the molecule is C=C(OCC)c1ccccc1SCC=C(C)CCC=C(C)CCC=C(C)C. The summed E-state index contributed by atoms with van der Waals surface area (Å²) in [4.78, 5) is 1.23. The van der Waals surface area contributed by atoms with E-state index in [1.54, 1.807) is 0 Å². The topological polar surface area (TPSA) is 9.23 Å². The first-order valence-electron chi connectivity index (χ1n) is 9.92. The minimum Gasteiger partial charge on any atom is -0.494 e. The predicted molar refractivity (Wildman–Crippen MR) is 123 cm³/mol. The summed E-state index contributed by atoms with van der Waals surface area (Å²) in [5.74, 6) is 1.74. The van der Waals surface area contributed by atoms with Crippen molar-refractivity contribution >= 4 is 17.5 Å². The number of hydrogen-bond donors (Lipinski definition) is 0.